The summed E-state index contributed by atoms with van der Waals surface area (Å²) in [4.78, 5) is 37.6. The monoisotopic (exact) mass is 514 g/mol. The second-order valence-electron chi connectivity index (χ2n) is 9.78. The molecule has 2 fully saturated rings. The van der Waals surface area contributed by atoms with Crippen LogP contribution < -0.4 is 15.5 Å². The highest BCUT2D eigenvalue weighted by Gasteiger charge is 2.26. The molecule has 1 aromatic carbocycles. The van der Waals surface area contributed by atoms with E-state index in [1.807, 2.05) is 25.1 Å². The maximum atomic E-state index is 13.1. The van der Waals surface area contributed by atoms with Gasteiger partial charge in [-0.05, 0) is 44.5 Å². The number of nitrogens with one attached hydrogen (secondary N) is 2. The van der Waals surface area contributed by atoms with Gasteiger partial charge in [0.2, 0.25) is 0 Å². The fraction of sp³-hybridized carbons (Fsp3) is 0.577. The molecule has 3 heterocycles. The lowest BCUT2D eigenvalue weighted by Gasteiger charge is -2.38. The van der Waals surface area contributed by atoms with Crippen molar-refractivity contribution in [2.75, 3.05) is 63.6 Å². The molecule has 4 rings (SSSR count). The summed E-state index contributed by atoms with van der Waals surface area (Å²) in [5.74, 6) is -0.493. The van der Waals surface area contributed by atoms with Crippen molar-refractivity contribution >= 4 is 34.0 Å². The van der Waals surface area contributed by atoms with E-state index in [2.05, 4.69) is 44.3 Å². The van der Waals surface area contributed by atoms with Gasteiger partial charge in [-0.25, -0.2) is 4.98 Å². The van der Waals surface area contributed by atoms with Gasteiger partial charge in [0.05, 0.1) is 17.4 Å². The van der Waals surface area contributed by atoms with E-state index in [1.165, 1.54) is 11.3 Å². The van der Waals surface area contributed by atoms with E-state index in [4.69, 9.17) is 4.74 Å². The van der Waals surface area contributed by atoms with Gasteiger partial charge in [0, 0.05) is 64.3 Å². The number of amides is 2. The highest BCUT2D eigenvalue weighted by molar-refractivity contribution is 7.14. The van der Waals surface area contributed by atoms with E-state index in [0.717, 1.165) is 62.8 Å². The molecule has 2 N–H and O–H groups in total. The summed E-state index contributed by atoms with van der Waals surface area (Å²) >= 11 is 1.45. The first-order valence-electron chi connectivity index (χ1n) is 12.8. The third-order valence-corrected chi connectivity index (χ3v) is 7.84. The number of ether oxygens (including phenoxy) is 1. The standard InChI is InChI=1S/C26H38N6O3S/c1-5-9-27-24(33)21-13-19(15-31-12-11-30(3)14-18(31)2)6-7-22(21)28-25(34)23-17-36-26(29-23)32-10-8-20(16-32)35-4/h6-7,13,17-18,20H,5,8-12,14-16H2,1-4H3,(H,27,33)(H,28,34)/t18-,20-/m0/s1. The van der Waals surface area contributed by atoms with Gasteiger partial charge in [-0.3, -0.25) is 14.5 Å². The molecule has 0 saturated carbocycles. The Labute approximate surface area is 217 Å². The van der Waals surface area contributed by atoms with Crippen molar-refractivity contribution in [1.82, 2.24) is 20.1 Å². The number of anilines is 2. The summed E-state index contributed by atoms with van der Waals surface area (Å²) in [6, 6.07) is 6.19. The molecule has 196 valence electrons. The number of benzene rings is 1. The predicted octanol–water partition coefficient (Wildman–Crippen LogP) is 2.90. The molecule has 0 unspecified atom stereocenters. The van der Waals surface area contributed by atoms with Gasteiger partial charge in [-0.2, -0.15) is 0 Å². The number of piperazine rings is 1. The Kier molecular flexibility index (Phi) is 8.95. The molecule has 0 spiro atoms. The number of methoxy groups -OCH3 is 1. The molecule has 2 amide bonds. The molecule has 0 radical (unpaired) electrons. The number of carbonyl (C=O) groups is 2. The van der Waals surface area contributed by atoms with E-state index in [1.54, 1.807) is 12.5 Å². The van der Waals surface area contributed by atoms with E-state index in [-0.39, 0.29) is 17.9 Å². The van der Waals surface area contributed by atoms with Crippen LogP contribution in [0.2, 0.25) is 0 Å². The molecular weight excluding hydrogens is 476 g/mol. The average Bonchev–Trinajstić information content (AvgIpc) is 3.55. The molecule has 10 heteroatoms. The van der Waals surface area contributed by atoms with E-state index in [0.29, 0.717) is 29.5 Å². The third-order valence-electron chi connectivity index (χ3n) is 6.94. The Hall–Kier alpha value is -2.53. The molecule has 0 bridgehead atoms. The molecule has 36 heavy (non-hydrogen) atoms. The van der Waals surface area contributed by atoms with E-state index >= 15 is 0 Å². The number of rotatable bonds is 9. The Morgan fingerprint density at radius 2 is 2.03 bits per heavy atom. The van der Waals surface area contributed by atoms with Gasteiger partial charge in [0.1, 0.15) is 5.69 Å². The normalized spacial score (nSPS) is 21.1. The van der Waals surface area contributed by atoms with Crippen molar-refractivity contribution in [2.24, 2.45) is 0 Å². The third kappa shape index (κ3) is 6.42. The van der Waals surface area contributed by atoms with Crippen LogP contribution in [0, 0.1) is 0 Å². The summed E-state index contributed by atoms with van der Waals surface area (Å²) in [5.41, 5.74) is 2.39. The van der Waals surface area contributed by atoms with Crippen LogP contribution in [-0.2, 0) is 11.3 Å². The van der Waals surface area contributed by atoms with Crippen molar-refractivity contribution in [3.8, 4) is 0 Å². The van der Waals surface area contributed by atoms with Gasteiger partial charge in [-0.15, -0.1) is 11.3 Å². The fourth-order valence-corrected chi connectivity index (χ4v) is 5.60. The van der Waals surface area contributed by atoms with Crippen LogP contribution in [0.1, 0.15) is 53.1 Å². The van der Waals surface area contributed by atoms with Crippen LogP contribution in [-0.4, -0.2) is 92.2 Å². The molecule has 2 saturated heterocycles. The van der Waals surface area contributed by atoms with Crippen LogP contribution in [0.15, 0.2) is 23.6 Å². The summed E-state index contributed by atoms with van der Waals surface area (Å²) in [6.45, 7) is 10.3. The molecule has 2 aliphatic rings. The lowest BCUT2D eigenvalue weighted by Crippen LogP contribution is -2.49. The molecule has 0 aliphatic carbocycles. The van der Waals surface area contributed by atoms with Gasteiger partial charge in [0.15, 0.2) is 5.13 Å². The minimum absolute atomic E-state index is 0.179. The molecule has 2 atom stereocenters. The van der Waals surface area contributed by atoms with Gasteiger partial charge in [0.25, 0.3) is 11.8 Å². The molecular formula is C26H38N6O3S. The number of hydrogen-bond acceptors (Lipinski definition) is 8. The topological polar surface area (TPSA) is 90.0 Å². The highest BCUT2D eigenvalue weighted by Crippen LogP contribution is 2.27. The van der Waals surface area contributed by atoms with Crippen LogP contribution in [0.25, 0.3) is 0 Å². The second-order valence-corrected chi connectivity index (χ2v) is 10.6. The maximum absolute atomic E-state index is 13.1. The number of likely N-dealkylation sites (N-methyl/N-ethyl adjacent to an activating group) is 1. The van der Waals surface area contributed by atoms with Crippen molar-refractivity contribution in [3.05, 3.63) is 40.4 Å². The number of nitrogens with zero attached hydrogens (tertiary/aromatic N) is 4. The summed E-state index contributed by atoms with van der Waals surface area (Å²) in [6.07, 6.45) is 1.99. The number of aromatic nitrogens is 1. The minimum Gasteiger partial charge on any atom is -0.380 e. The minimum atomic E-state index is -0.315. The molecule has 2 aromatic rings. The van der Waals surface area contributed by atoms with Gasteiger partial charge < -0.3 is 25.2 Å². The second kappa shape index (κ2) is 12.1. The van der Waals surface area contributed by atoms with Crippen molar-refractivity contribution in [3.63, 3.8) is 0 Å². The number of thiazole rings is 1. The molecule has 2 aliphatic heterocycles. The van der Waals surface area contributed by atoms with Gasteiger partial charge >= 0.3 is 0 Å². The van der Waals surface area contributed by atoms with E-state index < -0.39 is 0 Å². The first-order valence-corrected chi connectivity index (χ1v) is 13.6. The zero-order valence-electron chi connectivity index (χ0n) is 21.7. The van der Waals surface area contributed by atoms with Gasteiger partial charge in [-0.1, -0.05) is 13.0 Å². The Balaban J connectivity index is 1.49. The van der Waals surface area contributed by atoms with Crippen LogP contribution in [0.5, 0.6) is 0 Å². The van der Waals surface area contributed by atoms with Crippen molar-refractivity contribution in [1.29, 1.82) is 0 Å². The smallest absolute Gasteiger partial charge is 0.275 e. The van der Waals surface area contributed by atoms with Crippen LogP contribution in [0.4, 0.5) is 10.8 Å². The van der Waals surface area contributed by atoms with Crippen molar-refractivity contribution in [2.45, 2.75) is 45.4 Å². The average molecular weight is 515 g/mol. The quantitative estimate of drug-likeness (QED) is 0.532. The molecule has 9 nitrogen and oxygen atoms in total. The van der Waals surface area contributed by atoms with Crippen molar-refractivity contribution < 1.29 is 14.3 Å². The lowest BCUT2D eigenvalue weighted by atomic mass is 10.1. The largest absolute Gasteiger partial charge is 0.380 e. The first-order chi connectivity index (χ1) is 17.4. The number of hydrogen-bond donors (Lipinski definition) is 2. The Morgan fingerprint density at radius 1 is 1.19 bits per heavy atom. The first kappa shape index (κ1) is 26.5. The Morgan fingerprint density at radius 3 is 2.75 bits per heavy atom. The summed E-state index contributed by atoms with van der Waals surface area (Å²) < 4.78 is 5.44. The number of carbonyl (C=O) groups excluding carboxylic acids is 2. The zero-order chi connectivity index (χ0) is 25.7. The van der Waals surface area contributed by atoms with Crippen LogP contribution in [0.3, 0.4) is 0 Å². The predicted molar refractivity (Wildman–Crippen MR) is 144 cm³/mol. The zero-order valence-corrected chi connectivity index (χ0v) is 22.6. The highest BCUT2D eigenvalue weighted by atomic mass is 32.1. The molecule has 1 aromatic heterocycles. The van der Waals surface area contributed by atoms with E-state index in [9.17, 15) is 9.59 Å². The van der Waals surface area contributed by atoms with Crippen LogP contribution >= 0.6 is 11.3 Å². The summed E-state index contributed by atoms with van der Waals surface area (Å²) in [7, 11) is 3.87. The maximum Gasteiger partial charge on any atom is 0.275 e. The SMILES string of the molecule is CCCNC(=O)c1cc(CN2CCN(C)C[C@@H]2C)ccc1NC(=O)c1csc(N2CC[C@H](OC)C2)n1. The fourth-order valence-electron chi connectivity index (χ4n) is 4.76. The summed E-state index contributed by atoms with van der Waals surface area (Å²) in [5, 5.41) is 8.48. The Bertz CT molecular complexity index is 1060. The lowest BCUT2D eigenvalue weighted by molar-refractivity contribution is 0.0933.